The van der Waals surface area contributed by atoms with Gasteiger partial charge in [0.2, 0.25) is 0 Å². The normalized spacial score (nSPS) is 14.3. The fraction of sp³-hybridized carbons (Fsp3) is 0.217. The Balaban J connectivity index is 1.30. The van der Waals surface area contributed by atoms with Crippen molar-refractivity contribution in [3.8, 4) is 0 Å². The second-order valence-corrected chi connectivity index (χ2v) is 8.11. The highest BCUT2D eigenvalue weighted by Gasteiger charge is 2.44. The van der Waals surface area contributed by atoms with Crippen LogP contribution in [0.15, 0.2) is 84.0 Å². The number of carbonyl (C=O) groups excluding carboxylic acids is 1. The fourth-order valence-electron chi connectivity index (χ4n) is 3.26. The van der Waals surface area contributed by atoms with Gasteiger partial charge in [-0.3, -0.25) is 0 Å². The van der Waals surface area contributed by atoms with Crippen LogP contribution in [0.4, 0.5) is 10.5 Å². The smallest absolute Gasteiger partial charge is 0.319 e. The number of carbonyl (C=O) groups is 1. The van der Waals surface area contributed by atoms with Crippen molar-refractivity contribution in [1.29, 1.82) is 0 Å². The summed E-state index contributed by atoms with van der Waals surface area (Å²) in [5.41, 5.74) is 3.38. The van der Waals surface area contributed by atoms with Gasteiger partial charge < -0.3 is 10.6 Å². The Hall–Kier alpha value is -2.79. The average Bonchev–Trinajstić information content (AvgIpc) is 3.54. The van der Waals surface area contributed by atoms with E-state index in [0.29, 0.717) is 6.54 Å². The van der Waals surface area contributed by atoms with Crippen molar-refractivity contribution in [2.24, 2.45) is 0 Å². The van der Waals surface area contributed by atoms with E-state index in [2.05, 4.69) is 45.9 Å². The summed E-state index contributed by atoms with van der Waals surface area (Å²) in [6, 6.07) is 24.1. The number of thioether (sulfide) groups is 1. The number of benzene rings is 2. The van der Waals surface area contributed by atoms with Gasteiger partial charge in [-0.25, -0.2) is 9.78 Å². The van der Waals surface area contributed by atoms with Crippen LogP contribution in [0.5, 0.6) is 0 Å². The molecule has 5 heteroatoms. The first-order valence-electron chi connectivity index (χ1n) is 9.47. The van der Waals surface area contributed by atoms with E-state index in [-0.39, 0.29) is 11.4 Å². The first kappa shape index (κ1) is 18.6. The van der Waals surface area contributed by atoms with Gasteiger partial charge >= 0.3 is 6.03 Å². The van der Waals surface area contributed by atoms with Crippen LogP contribution in [0.2, 0.25) is 0 Å². The van der Waals surface area contributed by atoms with Gasteiger partial charge in [0, 0.05) is 29.6 Å². The molecule has 28 heavy (non-hydrogen) atoms. The highest BCUT2D eigenvalue weighted by molar-refractivity contribution is 7.98. The number of hydrogen-bond donors (Lipinski definition) is 2. The summed E-state index contributed by atoms with van der Waals surface area (Å²) >= 11 is 1.68. The summed E-state index contributed by atoms with van der Waals surface area (Å²) in [7, 11) is 0. The Morgan fingerprint density at radius 1 is 1.00 bits per heavy atom. The molecule has 0 bridgehead atoms. The van der Waals surface area contributed by atoms with Gasteiger partial charge in [-0.05, 0) is 48.2 Å². The van der Waals surface area contributed by atoms with Crippen LogP contribution < -0.4 is 10.6 Å². The minimum absolute atomic E-state index is 0.111. The molecule has 1 aliphatic rings. The zero-order valence-electron chi connectivity index (χ0n) is 15.6. The molecule has 0 unspecified atom stereocenters. The highest BCUT2D eigenvalue weighted by atomic mass is 32.2. The SMILES string of the molecule is O=C(NCC1(c2ccccc2)CC1)Nc1cccc(CSc2ccccn2)c1. The summed E-state index contributed by atoms with van der Waals surface area (Å²) in [6.07, 6.45) is 4.04. The van der Waals surface area contributed by atoms with Crippen LogP contribution in [-0.2, 0) is 11.2 Å². The van der Waals surface area contributed by atoms with Gasteiger partial charge in [0.1, 0.15) is 0 Å². The first-order chi connectivity index (χ1) is 13.7. The zero-order chi connectivity index (χ0) is 19.2. The van der Waals surface area contributed by atoms with Crippen LogP contribution >= 0.6 is 11.8 Å². The third-order valence-electron chi connectivity index (χ3n) is 5.04. The Labute approximate surface area is 169 Å². The number of hydrogen-bond acceptors (Lipinski definition) is 3. The molecule has 0 saturated heterocycles. The van der Waals surface area contributed by atoms with Gasteiger partial charge in [0.25, 0.3) is 0 Å². The maximum Gasteiger partial charge on any atom is 0.319 e. The molecular weight excluding hydrogens is 366 g/mol. The molecule has 4 rings (SSSR count). The van der Waals surface area contributed by atoms with Crippen LogP contribution in [0.3, 0.4) is 0 Å². The van der Waals surface area contributed by atoms with Crippen molar-refractivity contribution in [3.63, 3.8) is 0 Å². The maximum absolute atomic E-state index is 12.4. The van der Waals surface area contributed by atoms with E-state index in [9.17, 15) is 4.79 Å². The van der Waals surface area contributed by atoms with Crippen molar-refractivity contribution >= 4 is 23.5 Å². The van der Waals surface area contributed by atoms with Crippen molar-refractivity contribution in [2.45, 2.75) is 29.0 Å². The Morgan fingerprint density at radius 2 is 1.82 bits per heavy atom. The lowest BCUT2D eigenvalue weighted by atomic mass is 9.96. The molecule has 2 N–H and O–H groups in total. The van der Waals surface area contributed by atoms with Crippen molar-refractivity contribution in [3.05, 3.63) is 90.1 Å². The minimum atomic E-state index is -0.156. The van der Waals surface area contributed by atoms with Gasteiger partial charge in [-0.15, -0.1) is 11.8 Å². The lowest BCUT2D eigenvalue weighted by Gasteiger charge is -2.17. The van der Waals surface area contributed by atoms with Crippen molar-refractivity contribution in [1.82, 2.24) is 10.3 Å². The van der Waals surface area contributed by atoms with Crippen molar-refractivity contribution < 1.29 is 4.79 Å². The predicted molar refractivity (Wildman–Crippen MR) is 115 cm³/mol. The molecule has 2 aromatic carbocycles. The lowest BCUT2D eigenvalue weighted by molar-refractivity contribution is 0.251. The zero-order valence-corrected chi connectivity index (χ0v) is 16.4. The summed E-state index contributed by atoms with van der Waals surface area (Å²) in [6.45, 7) is 0.665. The van der Waals surface area contributed by atoms with Gasteiger partial charge in [-0.2, -0.15) is 0 Å². The van der Waals surface area contributed by atoms with E-state index in [0.717, 1.165) is 34.9 Å². The number of nitrogens with one attached hydrogen (secondary N) is 2. The second-order valence-electron chi connectivity index (χ2n) is 7.11. The third kappa shape index (κ3) is 4.73. The van der Waals surface area contributed by atoms with Crippen LogP contribution in [-0.4, -0.2) is 17.6 Å². The number of rotatable bonds is 7. The number of anilines is 1. The molecule has 3 aromatic rings. The number of urea groups is 1. The number of nitrogens with zero attached hydrogens (tertiary/aromatic N) is 1. The predicted octanol–water partition coefficient (Wildman–Crippen LogP) is 5.23. The summed E-state index contributed by atoms with van der Waals surface area (Å²) in [4.78, 5) is 16.7. The molecule has 1 saturated carbocycles. The molecule has 0 radical (unpaired) electrons. The summed E-state index contributed by atoms with van der Waals surface area (Å²) < 4.78 is 0. The third-order valence-corrected chi connectivity index (χ3v) is 6.05. The van der Waals surface area contributed by atoms with Gasteiger partial charge in [-0.1, -0.05) is 48.5 Å². The summed E-state index contributed by atoms with van der Waals surface area (Å²) in [5, 5.41) is 7.00. The molecule has 0 atom stereocenters. The maximum atomic E-state index is 12.4. The Kier molecular flexibility index (Phi) is 5.63. The topological polar surface area (TPSA) is 54.0 Å². The van der Waals surface area contributed by atoms with Crippen molar-refractivity contribution in [2.75, 3.05) is 11.9 Å². The van der Waals surface area contributed by atoms with E-state index in [1.807, 2.05) is 42.5 Å². The number of aromatic nitrogens is 1. The molecule has 1 heterocycles. The molecule has 142 valence electrons. The van der Waals surface area contributed by atoms with Crippen LogP contribution in [0.1, 0.15) is 24.0 Å². The molecule has 0 aliphatic heterocycles. The Morgan fingerprint density at radius 3 is 2.57 bits per heavy atom. The summed E-state index contributed by atoms with van der Waals surface area (Å²) in [5.74, 6) is 0.811. The standard InChI is InChI=1S/C23H23N3OS/c27-22(25-17-23(12-13-23)19-8-2-1-3-9-19)26-20-10-6-7-18(15-20)16-28-21-11-4-5-14-24-21/h1-11,14-15H,12-13,16-17H2,(H2,25,26,27). The molecule has 1 fully saturated rings. The number of amides is 2. The lowest BCUT2D eigenvalue weighted by Crippen LogP contribution is -2.35. The molecule has 2 amide bonds. The second kappa shape index (κ2) is 8.48. The van der Waals surface area contributed by atoms with E-state index < -0.39 is 0 Å². The van der Waals surface area contributed by atoms with E-state index in [1.165, 1.54) is 5.56 Å². The van der Waals surface area contributed by atoms with E-state index in [1.54, 1.807) is 18.0 Å². The monoisotopic (exact) mass is 389 g/mol. The highest BCUT2D eigenvalue weighted by Crippen LogP contribution is 2.47. The molecule has 4 nitrogen and oxygen atoms in total. The molecule has 1 aliphatic carbocycles. The quantitative estimate of drug-likeness (QED) is 0.544. The number of pyridine rings is 1. The van der Waals surface area contributed by atoms with E-state index >= 15 is 0 Å². The average molecular weight is 390 g/mol. The first-order valence-corrected chi connectivity index (χ1v) is 10.5. The van der Waals surface area contributed by atoms with Crippen LogP contribution in [0, 0.1) is 0 Å². The van der Waals surface area contributed by atoms with Crippen LogP contribution in [0.25, 0.3) is 0 Å². The van der Waals surface area contributed by atoms with E-state index in [4.69, 9.17) is 0 Å². The molecular formula is C23H23N3OS. The molecule has 0 spiro atoms. The van der Waals surface area contributed by atoms with Gasteiger partial charge in [0.15, 0.2) is 0 Å². The largest absolute Gasteiger partial charge is 0.337 e. The minimum Gasteiger partial charge on any atom is -0.337 e. The fourth-order valence-corrected chi connectivity index (χ4v) is 4.07. The van der Waals surface area contributed by atoms with Gasteiger partial charge in [0.05, 0.1) is 5.03 Å². The molecule has 1 aromatic heterocycles. The Bertz CT molecular complexity index is 927.